The fourth-order valence-corrected chi connectivity index (χ4v) is 4.69. The third-order valence-electron chi connectivity index (χ3n) is 6.87. The van der Waals surface area contributed by atoms with Gasteiger partial charge in [-0.15, -0.1) is 0 Å². The maximum Gasteiger partial charge on any atom is 0.257 e. The van der Waals surface area contributed by atoms with E-state index < -0.39 is 0 Å². The van der Waals surface area contributed by atoms with Crippen molar-refractivity contribution in [2.45, 2.75) is 32.7 Å². The van der Waals surface area contributed by atoms with Crippen LogP contribution in [0, 0.1) is 6.92 Å². The van der Waals surface area contributed by atoms with E-state index in [1.54, 1.807) is 35.3 Å². The molecular formula is C27H31N7O2. The molecule has 1 saturated heterocycles. The lowest BCUT2D eigenvalue weighted by molar-refractivity contribution is 0.0946. The van der Waals surface area contributed by atoms with Crippen molar-refractivity contribution in [1.29, 1.82) is 0 Å². The summed E-state index contributed by atoms with van der Waals surface area (Å²) < 4.78 is 1.73. The van der Waals surface area contributed by atoms with Gasteiger partial charge in [-0.25, -0.2) is 4.98 Å². The highest BCUT2D eigenvalue weighted by atomic mass is 16.2. The van der Waals surface area contributed by atoms with E-state index in [0.717, 1.165) is 35.3 Å². The van der Waals surface area contributed by atoms with Gasteiger partial charge in [0.2, 0.25) is 0 Å². The molecule has 0 aliphatic carbocycles. The molecular weight excluding hydrogens is 454 g/mol. The van der Waals surface area contributed by atoms with Crippen LogP contribution >= 0.6 is 0 Å². The average molecular weight is 486 g/mol. The summed E-state index contributed by atoms with van der Waals surface area (Å²) >= 11 is 0. The summed E-state index contributed by atoms with van der Waals surface area (Å²) in [5.74, 6) is -0.423. The number of fused-ring (bicyclic) bond motifs is 1. The number of aromatic amines is 1. The molecule has 1 fully saturated rings. The zero-order valence-corrected chi connectivity index (χ0v) is 20.8. The standard InChI is InChI=1S/C27H31N7O2/c1-17-6-7-19(26(35)28-8-10-34-9-4-5-18(34)2)12-23(17)32-27(36)21-11-20-13-24(31-25(20)29-14-21)22-15-30-33(3)16-22/h6-7,11-16,18H,4-5,8-10H2,1-3H3,(H,28,35)(H,29,31)(H,32,36)/t18-/m0/s1. The first-order valence-corrected chi connectivity index (χ1v) is 12.3. The normalized spacial score (nSPS) is 15.9. The number of nitrogens with one attached hydrogen (secondary N) is 3. The summed E-state index contributed by atoms with van der Waals surface area (Å²) in [6.45, 7) is 6.67. The first-order chi connectivity index (χ1) is 17.4. The predicted molar refractivity (Wildman–Crippen MR) is 140 cm³/mol. The van der Waals surface area contributed by atoms with Crippen molar-refractivity contribution >= 4 is 28.5 Å². The molecule has 1 atom stereocenters. The highest BCUT2D eigenvalue weighted by Gasteiger charge is 2.20. The second-order valence-electron chi connectivity index (χ2n) is 9.51. The SMILES string of the molecule is Cc1ccc(C(=O)NCCN2CCC[C@@H]2C)cc1NC(=O)c1cnc2[nH]c(-c3cnn(C)c3)cc2c1. The van der Waals surface area contributed by atoms with Gasteiger partial charge in [-0.2, -0.15) is 5.10 Å². The van der Waals surface area contributed by atoms with Crippen LogP contribution in [0.15, 0.2) is 48.9 Å². The predicted octanol–water partition coefficient (Wildman–Crippen LogP) is 3.74. The van der Waals surface area contributed by atoms with E-state index in [9.17, 15) is 9.59 Å². The zero-order valence-electron chi connectivity index (χ0n) is 20.8. The Morgan fingerprint density at radius 3 is 2.75 bits per heavy atom. The van der Waals surface area contributed by atoms with Gasteiger partial charge in [-0.3, -0.25) is 19.2 Å². The molecule has 0 spiro atoms. The van der Waals surface area contributed by atoms with E-state index in [1.165, 1.54) is 12.8 Å². The van der Waals surface area contributed by atoms with Crippen molar-refractivity contribution in [2.75, 3.05) is 25.0 Å². The number of H-pyrrole nitrogens is 1. The lowest BCUT2D eigenvalue weighted by atomic mass is 10.1. The van der Waals surface area contributed by atoms with Gasteiger partial charge in [0.15, 0.2) is 0 Å². The fourth-order valence-electron chi connectivity index (χ4n) is 4.69. The van der Waals surface area contributed by atoms with Crippen LogP contribution in [0.25, 0.3) is 22.3 Å². The van der Waals surface area contributed by atoms with Crippen LogP contribution in [0.1, 0.15) is 46.0 Å². The lowest BCUT2D eigenvalue weighted by Gasteiger charge is -2.20. The summed E-state index contributed by atoms with van der Waals surface area (Å²) in [4.78, 5) is 35.9. The number of benzene rings is 1. The number of amides is 2. The topological polar surface area (TPSA) is 108 Å². The number of hydrogen-bond donors (Lipinski definition) is 3. The number of hydrogen-bond acceptors (Lipinski definition) is 5. The molecule has 0 saturated carbocycles. The molecule has 1 aliphatic heterocycles. The summed E-state index contributed by atoms with van der Waals surface area (Å²) in [7, 11) is 1.86. The van der Waals surface area contributed by atoms with Crippen molar-refractivity contribution in [3.05, 3.63) is 65.6 Å². The number of anilines is 1. The molecule has 4 heterocycles. The third-order valence-corrected chi connectivity index (χ3v) is 6.87. The number of pyridine rings is 1. The third kappa shape index (κ3) is 5.01. The van der Waals surface area contributed by atoms with E-state index in [1.807, 2.05) is 32.3 Å². The number of nitrogens with zero attached hydrogens (tertiary/aromatic N) is 4. The Morgan fingerprint density at radius 2 is 2.00 bits per heavy atom. The molecule has 0 bridgehead atoms. The Hall–Kier alpha value is -3.98. The molecule has 36 heavy (non-hydrogen) atoms. The van der Waals surface area contributed by atoms with Crippen molar-refractivity contribution in [3.63, 3.8) is 0 Å². The van der Waals surface area contributed by atoms with Crippen LogP contribution in [0.2, 0.25) is 0 Å². The Balaban J connectivity index is 1.26. The lowest BCUT2D eigenvalue weighted by Crippen LogP contribution is -2.36. The summed E-state index contributed by atoms with van der Waals surface area (Å²) in [6, 6.07) is 9.69. The second kappa shape index (κ2) is 9.94. The number of rotatable bonds is 7. The molecule has 2 amide bonds. The van der Waals surface area contributed by atoms with E-state index in [0.29, 0.717) is 35.0 Å². The minimum Gasteiger partial charge on any atom is -0.351 e. The van der Waals surface area contributed by atoms with Crippen LogP contribution < -0.4 is 10.6 Å². The Morgan fingerprint density at radius 1 is 1.14 bits per heavy atom. The van der Waals surface area contributed by atoms with Gasteiger partial charge >= 0.3 is 0 Å². The number of carbonyl (C=O) groups excluding carboxylic acids is 2. The highest BCUT2D eigenvalue weighted by molar-refractivity contribution is 6.07. The molecule has 3 aromatic heterocycles. The number of carbonyl (C=O) groups is 2. The van der Waals surface area contributed by atoms with Crippen molar-refractivity contribution in [2.24, 2.45) is 7.05 Å². The Kier molecular flexibility index (Phi) is 6.56. The van der Waals surface area contributed by atoms with Crippen molar-refractivity contribution in [3.8, 4) is 11.3 Å². The zero-order chi connectivity index (χ0) is 25.2. The highest BCUT2D eigenvalue weighted by Crippen LogP contribution is 2.24. The summed E-state index contributed by atoms with van der Waals surface area (Å²) in [6.07, 6.45) is 7.67. The van der Waals surface area contributed by atoms with Crippen molar-refractivity contribution in [1.82, 2.24) is 30.0 Å². The maximum absolute atomic E-state index is 13.0. The van der Waals surface area contributed by atoms with Crippen LogP contribution in [-0.4, -0.2) is 62.1 Å². The molecule has 1 aromatic carbocycles. The van der Waals surface area contributed by atoms with E-state index in [4.69, 9.17) is 0 Å². The first-order valence-electron chi connectivity index (χ1n) is 12.3. The van der Waals surface area contributed by atoms with Gasteiger partial charge in [0.05, 0.1) is 17.5 Å². The van der Waals surface area contributed by atoms with Gasteiger partial charge in [0.1, 0.15) is 5.65 Å². The Bertz CT molecular complexity index is 1420. The largest absolute Gasteiger partial charge is 0.351 e. The molecule has 0 radical (unpaired) electrons. The molecule has 186 valence electrons. The van der Waals surface area contributed by atoms with E-state index in [-0.39, 0.29) is 11.8 Å². The minimum absolute atomic E-state index is 0.143. The van der Waals surface area contributed by atoms with Gasteiger partial charge < -0.3 is 15.6 Å². The van der Waals surface area contributed by atoms with Gasteiger partial charge in [0.25, 0.3) is 11.8 Å². The second-order valence-corrected chi connectivity index (χ2v) is 9.51. The minimum atomic E-state index is -0.280. The fraction of sp³-hybridized carbons (Fsp3) is 0.333. The summed E-state index contributed by atoms with van der Waals surface area (Å²) in [5.41, 5.74) is 4.97. The van der Waals surface area contributed by atoms with E-state index in [2.05, 4.69) is 37.5 Å². The van der Waals surface area contributed by atoms with E-state index >= 15 is 0 Å². The van der Waals surface area contributed by atoms with Crippen LogP contribution in [0.5, 0.6) is 0 Å². The summed E-state index contributed by atoms with van der Waals surface area (Å²) in [5, 5.41) is 11.0. The molecule has 1 aliphatic rings. The molecule has 0 unspecified atom stereocenters. The quantitative estimate of drug-likeness (QED) is 0.370. The first kappa shape index (κ1) is 23.7. The monoisotopic (exact) mass is 485 g/mol. The maximum atomic E-state index is 13.0. The molecule has 4 aromatic rings. The van der Waals surface area contributed by atoms with Crippen molar-refractivity contribution < 1.29 is 9.59 Å². The molecule has 3 N–H and O–H groups in total. The molecule has 5 rings (SSSR count). The van der Waals surface area contributed by atoms with Gasteiger partial charge in [0, 0.05) is 60.8 Å². The molecule has 9 heteroatoms. The van der Waals surface area contributed by atoms with Crippen LogP contribution in [0.4, 0.5) is 5.69 Å². The van der Waals surface area contributed by atoms with Crippen LogP contribution in [-0.2, 0) is 7.05 Å². The van der Waals surface area contributed by atoms with Crippen LogP contribution in [0.3, 0.4) is 0 Å². The average Bonchev–Trinajstić information content (AvgIpc) is 3.59. The number of likely N-dealkylation sites (tertiary alicyclic amines) is 1. The molecule has 9 nitrogen and oxygen atoms in total. The smallest absolute Gasteiger partial charge is 0.257 e. The number of aromatic nitrogens is 4. The van der Waals surface area contributed by atoms with Gasteiger partial charge in [-0.1, -0.05) is 6.07 Å². The Labute approximate surface area is 209 Å². The number of aryl methyl sites for hydroxylation is 2. The van der Waals surface area contributed by atoms with Gasteiger partial charge in [-0.05, 0) is 63.1 Å².